The Bertz CT molecular complexity index is 958. The van der Waals surface area contributed by atoms with Crippen molar-refractivity contribution in [2.45, 2.75) is 18.9 Å². The molecular weight excluding hydrogens is 369 g/mol. The molecule has 0 bridgehead atoms. The number of aliphatic imine (C=N–C) groups is 1. The third-order valence-electron chi connectivity index (χ3n) is 4.84. The molecule has 1 unspecified atom stereocenters. The smallest absolute Gasteiger partial charge is 0.191 e. The molecule has 6 nitrogen and oxygen atoms in total. The monoisotopic (exact) mass is 393 g/mol. The molecule has 0 spiro atoms. The third-order valence-corrected chi connectivity index (χ3v) is 4.84. The summed E-state index contributed by atoms with van der Waals surface area (Å²) < 4.78 is 20.7. The van der Waals surface area contributed by atoms with Gasteiger partial charge in [-0.15, -0.1) is 0 Å². The van der Waals surface area contributed by atoms with Gasteiger partial charge in [0, 0.05) is 32.6 Å². The Kier molecular flexibility index (Phi) is 5.74. The fourth-order valence-corrected chi connectivity index (χ4v) is 3.34. The number of nitrogens with one attached hydrogen (secondary N) is 2. The number of guanidine groups is 1. The van der Waals surface area contributed by atoms with Crippen LogP contribution in [0.3, 0.4) is 0 Å². The van der Waals surface area contributed by atoms with Crippen LogP contribution in [0.15, 0.2) is 65.8 Å². The van der Waals surface area contributed by atoms with Crippen LogP contribution in [0.25, 0.3) is 5.69 Å². The number of aromatic nitrogens is 2. The number of fused-ring (bicyclic) bond motifs is 1. The molecule has 0 radical (unpaired) electrons. The molecule has 0 aliphatic carbocycles. The van der Waals surface area contributed by atoms with Gasteiger partial charge in [-0.1, -0.05) is 18.2 Å². The highest BCUT2D eigenvalue weighted by molar-refractivity contribution is 5.79. The summed E-state index contributed by atoms with van der Waals surface area (Å²) in [5.74, 6) is 1.46. The van der Waals surface area contributed by atoms with Crippen molar-refractivity contribution in [3.05, 3.63) is 77.9 Å². The second-order valence-electron chi connectivity index (χ2n) is 6.91. The van der Waals surface area contributed by atoms with E-state index in [1.54, 1.807) is 23.9 Å². The Morgan fingerprint density at radius 2 is 2.00 bits per heavy atom. The Morgan fingerprint density at radius 3 is 2.79 bits per heavy atom. The first-order valence-electron chi connectivity index (χ1n) is 9.71. The van der Waals surface area contributed by atoms with Crippen molar-refractivity contribution >= 4 is 5.96 Å². The summed E-state index contributed by atoms with van der Waals surface area (Å²) in [7, 11) is 1.75. The van der Waals surface area contributed by atoms with Crippen LogP contribution in [-0.2, 0) is 12.8 Å². The average Bonchev–Trinajstić information content (AvgIpc) is 3.38. The van der Waals surface area contributed by atoms with E-state index in [2.05, 4.69) is 26.8 Å². The van der Waals surface area contributed by atoms with Gasteiger partial charge in [0.2, 0.25) is 0 Å². The summed E-state index contributed by atoms with van der Waals surface area (Å²) in [6.45, 7) is 1.39. The van der Waals surface area contributed by atoms with E-state index >= 15 is 0 Å². The lowest BCUT2D eigenvalue weighted by Gasteiger charge is -2.15. The van der Waals surface area contributed by atoms with Gasteiger partial charge >= 0.3 is 0 Å². The number of benzene rings is 2. The van der Waals surface area contributed by atoms with Gasteiger partial charge in [0.15, 0.2) is 5.96 Å². The van der Waals surface area contributed by atoms with E-state index in [4.69, 9.17) is 4.74 Å². The Morgan fingerprint density at radius 1 is 1.17 bits per heavy atom. The standard InChI is InChI=1S/C22H24FN5O/c1-24-22(26-15-20-14-16-4-2-3-5-21(16)29-20)25-12-10-18-11-13-28(27-18)19-8-6-17(23)7-9-19/h2-9,11,13,20H,10,12,14-15H2,1H3,(H2,24,25,26). The van der Waals surface area contributed by atoms with Crippen molar-refractivity contribution in [2.75, 3.05) is 20.1 Å². The van der Waals surface area contributed by atoms with Crippen molar-refractivity contribution in [3.63, 3.8) is 0 Å². The molecule has 1 aliphatic heterocycles. The summed E-state index contributed by atoms with van der Waals surface area (Å²) in [5, 5.41) is 11.2. The minimum absolute atomic E-state index is 0.109. The molecule has 0 amide bonds. The number of hydrogen-bond acceptors (Lipinski definition) is 3. The molecule has 1 atom stereocenters. The van der Waals surface area contributed by atoms with E-state index in [0.717, 1.165) is 35.9 Å². The van der Waals surface area contributed by atoms with Crippen LogP contribution in [0, 0.1) is 5.82 Å². The summed E-state index contributed by atoms with van der Waals surface area (Å²) in [4.78, 5) is 4.27. The van der Waals surface area contributed by atoms with Crippen LogP contribution in [0.2, 0.25) is 0 Å². The Balaban J connectivity index is 1.22. The van der Waals surface area contributed by atoms with E-state index in [1.807, 2.05) is 30.5 Å². The molecular formula is C22H24FN5O. The quantitative estimate of drug-likeness (QED) is 0.499. The van der Waals surface area contributed by atoms with E-state index in [-0.39, 0.29) is 11.9 Å². The molecule has 3 aromatic rings. The predicted molar refractivity (Wildman–Crippen MR) is 111 cm³/mol. The lowest BCUT2D eigenvalue weighted by atomic mass is 10.1. The highest BCUT2D eigenvalue weighted by Crippen LogP contribution is 2.27. The van der Waals surface area contributed by atoms with Gasteiger partial charge < -0.3 is 15.4 Å². The SMILES string of the molecule is CN=C(NCCc1ccn(-c2ccc(F)cc2)n1)NCC1Cc2ccccc2O1. The molecule has 2 aromatic carbocycles. The zero-order chi connectivity index (χ0) is 20.1. The first-order valence-corrected chi connectivity index (χ1v) is 9.71. The number of rotatable bonds is 6. The topological polar surface area (TPSA) is 63.5 Å². The van der Waals surface area contributed by atoms with Crippen LogP contribution in [0.4, 0.5) is 4.39 Å². The number of ether oxygens (including phenoxy) is 1. The van der Waals surface area contributed by atoms with Gasteiger partial charge in [-0.3, -0.25) is 4.99 Å². The molecule has 0 fully saturated rings. The highest BCUT2D eigenvalue weighted by Gasteiger charge is 2.22. The lowest BCUT2D eigenvalue weighted by Crippen LogP contribution is -2.42. The summed E-state index contributed by atoms with van der Waals surface area (Å²) >= 11 is 0. The van der Waals surface area contributed by atoms with E-state index < -0.39 is 0 Å². The lowest BCUT2D eigenvalue weighted by molar-refractivity contribution is 0.235. The van der Waals surface area contributed by atoms with Crippen molar-refractivity contribution in [1.82, 2.24) is 20.4 Å². The molecule has 1 aliphatic rings. The largest absolute Gasteiger partial charge is 0.488 e. The average molecular weight is 393 g/mol. The minimum Gasteiger partial charge on any atom is -0.488 e. The van der Waals surface area contributed by atoms with E-state index in [1.165, 1.54) is 17.7 Å². The zero-order valence-corrected chi connectivity index (χ0v) is 16.3. The molecule has 2 heterocycles. The molecule has 0 saturated carbocycles. The van der Waals surface area contributed by atoms with Gasteiger partial charge in [-0.25, -0.2) is 9.07 Å². The van der Waals surface area contributed by atoms with Crippen molar-refractivity contribution in [2.24, 2.45) is 4.99 Å². The number of para-hydroxylation sites is 1. The summed E-state index contributed by atoms with van der Waals surface area (Å²) in [5.41, 5.74) is 3.03. The Labute approximate surface area is 169 Å². The molecule has 29 heavy (non-hydrogen) atoms. The van der Waals surface area contributed by atoms with Gasteiger partial charge in [0.25, 0.3) is 0 Å². The molecule has 4 rings (SSSR count). The van der Waals surface area contributed by atoms with E-state index in [9.17, 15) is 4.39 Å². The second kappa shape index (κ2) is 8.77. The number of hydrogen-bond donors (Lipinski definition) is 2. The third kappa shape index (κ3) is 4.74. The van der Waals surface area contributed by atoms with Crippen LogP contribution in [0.1, 0.15) is 11.3 Å². The highest BCUT2D eigenvalue weighted by atomic mass is 19.1. The van der Waals surface area contributed by atoms with Crippen molar-refractivity contribution in [1.29, 1.82) is 0 Å². The zero-order valence-electron chi connectivity index (χ0n) is 16.3. The fraction of sp³-hybridized carbons (Fsp3) is 0.273. The minimum atomic E-state index is -0.254. The van der Waals surface area contributed by atoms with Crippen molar-refractivity contribution in [3.8, 4) is 11.4 Å². The summed E-state index contributed by atoms with van der Waals surface area (Å²) in [6.07, 6.45) is 3.64. The molecule has 7 heteroatoms. The number of halogens is 1. The molecule has 0 saturated heterocycles. The second-order valence-corrected chi connectivity index (χ2v) is 6.91. The maximum absolute atomic E-state index is 13.1. The predicted octanol–water partition coefficient (Wildman–Crippen LogP) is 2.72. The van der Waals surface area contributed by atoms with E-state index in [0.29, 0.717) is 13.1 Å². The fourth-order valence-electron chi connectivity index (χ4n) is 3.34. The normalized spacial score (nSPS) is 15.7. The maximum Gasteiger partial charge on any atom is 0.191 e. The van der Waals surface area contributed by atoms with Gasteiger partial charge in [-0.05, 0) is 42.0 Å². The Hall–Kier alpha value is -3.35. The molecule has 150 valence electrons. The van der Waals surface area contributed by atoms with Gasteiger partial charge in [0.1, 0.15) is 17.7 Å². The van der Waals surface area contributed by atoms with Gasteiger partial charge in [0.05, 0.1) is 17.9 Å². The summed E-state index contributed by atoms with van der Waals surface area (Å²) in [6, 6.07) is 16.4. The maximum atomic E-state index is 13.1. The van der Waals surface area contributed by atoms with Crippen LogP contribution < -0.4 is 15.4 Å². The van der Waals surface area contributed by atoms with Crippen LogP contribution in [-0.4, -0.2) is 42.0 Å². The van der Waals surface area contributed by atoms with Crippen LogP contribution in [0.5, 0.6) is 5.75 Å². The van der Waals surface area contributed by atoms with Gasteiger partial charge in [-0.2, -0.15) is 5.10 Å². The first-order chi connectivity index (χ1) is 14.2. The first kappa shape index (κ1) is 19.0. The van der Waals surface area contributed by atoms with Crippen molar-refractivity contribution < 1.29 is 9.13 Å². The number of nitrogens with zero attached hydrogens (tertiary/aromatic N) is 3. The molecule has 2 N–H and O–H groups in total. The van der Waals surface area contributed by atoms with Crippen LogP contribution >= 0.6 is 0 Å². The molecule has 1 aromatic heterocycles.